The number of carbonyl (C=O) groups excluding carboxylic acids is 2. The first-order valence-corrected chi connectivity index (χ1v) is 8.85. The Morgan fingerprint density at radius 2 is 2.04 bits per heavy atom. The molecule has 1 rings (SSSR count). The number of carboxylic acid groups (broad SMARTS) is 1. The van der Waals surface area contributed by atoms with Crippen molar-refractivity contribution in [3.63, 3.8) is 0 Å². The second kappa shape index (κ2) is 9.50. The molecule has 1 heterocycles. The Morgan fingerprint density at radius 1 is 1.41 bits per heavy atom. The Hall–Kier alpha value is -2.42. The zero-order valence-corrected chi connectivity index (χ0v) is 16.8. The molecule has 0 radical (unpaired) electrons. The van der Waals surface area contributed by atoms with E-state index in [2.05, 4.69) is 10.3 Å². The molecule has 9 heteroatoms. The molecule has 2 N–H and O–H groups in total. The van der Waals surface area contributed by atoms with E-state index in [1.165, 1.54) is 0 Å². The minimum absolute atomic E-state index is 0.0766. The molecule has 27 heavy (non-hydrogen) atoms. The van der Waals surface area contributed by atoms with E-state index in [-0.39, 0.29) is 12.3 Å². The lowest BCUT2D eigenvalue weighted by Gasteiger charge is -2.33. The van der Waals surface area contributed by atoms with Crippen molar-refractivity contribution in [3.05, 3.63) is 18.2 Å². The number of hydrogen-bond donors (Lipinski definition) is 2. The minimum atomic E-state index is -1.16. The standard InChI is InChI=1S/C18H30N4O5/c1-12(2)7-15(22(11-23)27-18(3,4)5)16(24)20-14(17(25)26)8-13-9-19-10-21(13)6/h9-12,14-15H,7-8H2,1-6H3,(H,20,24)(H,25,26)/t14-,15-/m0/s1. The van der Waals surface area contributed by atoms with Gasteiger partial charge < -0.3 is 15.0 Å². The van der Waals surface area contributed by atoms with Crippen LogP contribution in [0.5, 0.6) is 0 Å². The molecular formula is C18H30N4O5. The second-order valence-corrected chi connectivity index (χ2v) is 7.91. The van der Waals surface area contributed by atoms with Gasteiger partial charge in [-0.3, -0.25) is 14.4 Å². The normalized spacial score (nSPS) is 13.9. The highest BCUT2D eigenvalue weighted by Crippen LogP contribution is 2.17. The average Bonchev–Trinajstić information content (AvgIpc) is 2.93. The summed E-state index contributed by atoms with van der Waals surface area (Å²) in [6, 6.07) is -2.08. The summed E-state index contributed by atoms with van der Waals surface area (Å²) in [5.41, 5.74) is -0.0153. The Kier molecular flexibility index (Phi) is 7.96. The van der Waals surface area contributed by atoms with Crippen molar-refractivity contribution in [1.82, 2.24) is 19.9 Å². The number of carboxylic acids is 1. The van der Waals surface area contributed by atoms with Crippen LogP contribution in [0.4, 0.5) is 0 Å². The van der Waals surface area contributed by atoms with E-state index in [1.54, 1.807) is 44.9 Å². The van der Waals surface area contributed by atoms with E-state index in [9.17, 15) is 19.5 Å². The highest BCUT2D eigenvalue weighted by molar-refractivity contribution is 5.88. The van der Waals surface area contributed by atoms with Crippen molar-refractivity contribution in [2.75, 3.05) is 0 Å². The monoisotopic (exact) mass is 382 g/mol. The van der Waals surface area contributed by atoms with Crippen molar-refractivity contribution < 1.29 is 24.3 Å². The summed E-state index contributed by atoms with van der Waals surface area (Å²) in [6.45, 7) is 9.10. The van der Waals surface area contributed by atoms with E-state index in [0.717, 1.165) is 5.06 Å². The molecule has 0 unspecified atom stereocenters. The van der Waals surface area contributed by atoms with Gasteiger partial charge in [-0.15, -0.1) is 0 Å². The first kappa shape index (κ1) is 22.6. The molecule has 9 nitrogen and oxygen atoms in total. The number of carbonyl (C=O) groups is 3. The van der Waals surface area contributed by atoms with Gasteiger partial charge in [0.05, 0.1) is 11.9 Å². The van der Waals surface area contributed by atoms with Gasteiger partial charge in [0, 0.05) is 25.4 Å². The van der Waals surface area contributed by atoms with Crippen LogP contribution in [0.3, 0.4) is 0 Å². The minimum Gasteiger partial charge on any atom is -0.480 e. The zero-order valence-electron chi connectivity index (χ0n) is 16.8. The smallest absolute Gasteiger partial charge is 0.326 e. The van der Waals surface area contributed by atoms with Crippen LogP contribution in [0.2, 0.25) is 0 Å². The van der Waals surface area contributed by atoms with Crippen LogP contribution in [0.15, 0.2) is 12.5 Å². The summed E-state index contributed by atoms with van der Waals surface area (Å²) in [5, 5.41) is 13.0. The maximum absolute atomic E-state index is 12.8. The van der Waals surface area contributed by atoms with E-state index in [0.29, 0.717) is 18.5 Å². The predicted octanol–water partition coefficient (Wildman–Crippen LogP) is 1.14. The molecule has 2 atom stereocenters. The Balaban J connectivity index is 2.99. The summed E-state index contributed by atoms with van der Waals surface area (Å²) in [6.07, 6.45) is 3.97. The molecule has 2 amide bonds. The third-order valence-electron chi connectivity index (χ3n) is 3.73. The molecule has 1 aromatic rings. The zero-order chi connectivity index (χ0) is 20.8. The van der Waals surface area contributed by atoms with E-state index in [4.69, 9.17) is 4.84 Å². The summed E-state index contributed by atoms with van der Waals surface area (Å²) in [5.74, 6) is -1.65. The molecule has 0 aliphatic rings. The van der Waals surface area contributed by atoms with Crippen molar-refractivity contribution in [1.29, 1.82) is 0 Å². The van der Waals surface area contributed by atoms with Gasteiger partial charge in [0.25, 0.3) is 0 Å². The summed E-state index contributed by atoms with van der Waals surface area (Å²) in [4.78, 5) is 45.5. The van der Waals surface area contributed by atoms with Gasteiger partial charge in [-0.05, 0) is 33.1 Å². The van der Waals surface area contributed by atoms with Crippen molar-refractivity contribution >= 4 is 18.3 Å². The quantitative estimate of drug-likeness (QED) is 0.463. The third kappa shape index (κ3) is 7.38. The maximum Gasteiger partial charge on any atom is 0.326 e. The number of rotatable bonds is 10. The highest BCUT2D eigenvalue weighted by atomic mass is 16.7. The number of imidazole rings is 1. The number of nitrogens with zero attached hydrogens (tertiary/aromatic N) is 3. The van der Waals surface area contributed by atoms with Crippen LogP contribution < -0.4 is 5.32 Å². The molecule has 0 aromatic carbocycles. The van der Waals surface area contributed by atoms with Crippen LogP contribution in [-0.2, 0) is 32.7 Å². The predicted molar refractivity (Wildman–Crippen MR) is 98.5 cm³/mol. The summed E-state index contributed by atoms with van der Waals surface area (Å²) in [7, 11) is 1.75. The summed E-state index contributed by atoms with van der Waals surface area (Å²) < 4.78 is 1.69. The van der Waals surface area contributed by atoms with Crippen LogP contribution in [0.25, 0.3) is 0 Å². The van der Waals surface area contributed by atoms with E-state index in [1.807, 2.05) is 13.8 Å². The first-order valence-electron chi connectivity index (χ1n) is 8.85. The molecule has 1 aromatic heterocycles. The lowest BCUT2D eigenvalue weighted by molar-refractivity contribution is -0.232. The van der Waals surface area contributed by atoms with Crippen LogP contribution in [-0.4, -0.2) is 55.7 Å². The van der Waals surface area contributed by atoms with Gasteiger partial charge in [0.15, 0.2) is 0 Å². The van der Waals surface area contributed by atoms with Gasteiger partial charge in [-0.2, -0.15) is 0 Å². The number of amides is 2. The molecule has 0 bridgehead atoms. The molecule has 0 saturated heterocycles. The largest absolute Gasteiger partial charge is 0.480 e. The van der Waals surface area contributed by atoms with Crippen LogP contribution in [0, 0.1) is 5.92 Å². The number of hydrogen-bond acceptors (Lipinski definition) is 5. The maximum atomic E-state index is 12.8. The molecule has 0 saturated carbocycles. The number of aromatic nitrogens is 2. The highest BCUT2D eigenvalue weighted by Gasteiger charge is 2.33. The molecule has 0 fully saturated rings. The second-order valence-electron chi connectivity index (χ2n) is 7.91. The number of nitrogens with one attached hydrogen (secondary N) is 1. The van der Waals surface area contributed by atoms with Crippen LogP contribution >= 0.6 is 0 Å². The number of aryl methyl sites for hydroxylation is 1. The van der Waals surface area contributed by atoms with Gasteiger partial charge in [0.1, 0.15) is 12.1 Å². The van der Waals surface area contributed by atoms with Crippen molar-refractivity contribution in [2.45, 2.75) is 65.1 Å². The Morgan fingerprint density at radius 3 is 2.44 bits per heavy atom. The van der Waals surface area contributed by atoms with Crippen molar-refractivity contribution in [3.8, 4) is 0 Å². The van der Waals surface area contributed by atoms with Gasteiger partial charge >= 0.3 is 5.97 Å². The molecule has 0 aliphatic heterocycles. The van der Waals surface area contributed by atoms with Gasteiger partial charge in [0.2, 0.25) is 12.3 Å². The topological polar surface area (TPSA) is 114 Å². The fourth-order valence-corrected chi connectivity index (χ4v) is 2.51. The van der Waals surface area contributed by atoms with Crippen LogP contribution in [0.1, 0.15) is 46.7 Å². The fourth-order valence-electron chi connectivity index (χ4n) is 2.51. The van der Waals surface area contributed by atoms with Gasteiger partial charge in [-0.25, -0.2) is 14.8 Å². The van der Waals surface area contributed by atoms with Gasteiger partial charge in [-0.1, -0.05) is 13.8 Å². The van der Waals surface area contributed by atoms with E-state index >= 15 is 0 Å². The lowest BCUT2D eigenvalue weighted by Crippen LogP contribution is -2.53. The van der Waals surface area contributed by atoms with Crippen molar-refractivity contribution in [2.24, 2.45) is 13.0 Å². The number of hydroxylamine groups is 2. The molecule has 0 spiro atoms. The Labute approximate surface area is 159 Å². The average molecular weight is 382 g/mol. The molecular weight excluding hydrogens is 352 g/mol. The lowest BCUT2D eigenvalue weighted by atomic mass is 10.0. The summed E-state index contributed by atoms with van der Waals surface area (Å²) >= 11 is 0. The third-order valence-corrected chi connectivity index (χ3v) is 3.73. The Bertz CT molecular complexity index is 650. The van der Waals surface area contributed by atoms with E-state index < -0.39 is 29.6 Å². The number of aliphatic carboxylic acids is 1. The molecule has 152 valence electrons. The first-order chi connectivity index (χ1) is 12.4. The molecule has 0 aliphatic carbocycles. The fraction of sp³-hybridized carbons (Fsp3) is 0.667. The SMILES string of the molecule is CC(C)C[C@@H](C(=O)N[C@@H](Cc1cncn1C)C(=O)O)N(C=O)OC(C)(C)C.